The number of nitrogen functional groups attached to an aromatic ring is 1. The molecule has 0 aromatic heterocycles. The average Bonchev–Trinajstić information content (AvgIpc) is 2.97. The number of likely N-dealkylation sites (tertiary alicyclic amines) is 1. The van der Waals surface area contributed by atoms with Crippen LogP contribution in [0.1, 0.15) is 54.9 Å². The molecule has 214 valence electrons. The lowest BCUT2D eigenvalue weighted by Gasteiger charge is -2.29. The van der Waals surface area contributed by atoms with Crippen molar-refractivity contribution in [2.45, 2.75) is 51.9 Å². The van der Waals surface area contributed by atoms with Gasteiger partial charge in [0, 0.05) is 29.7 Å². The zero-order valence-corrected chi connectivity index (χ0v) is 23.9. The van der Waals surface area contributed by atoms with E-state index in [0.717, 1.165) is 68.1 Å². The van der Waals surface area contributed by atoms with E-state index in [9.17, 15) is 5.11 Å². The van der Waals surface area contributed by atoms with Gasteiger partial charge in [-0.1, -0.05) is 25.1 Å². The first-order valence-corrected chi connectivity index (χ1v) is 14.4. The number of fused-ring (bicyclic) bond motifs is 1. The van der Waals surface area contributed by atoms with Gasteiger partial charge in [0.15, 0.2) is 17.3 Å². The molecule has 7 heteroatoms. The van der Waals surface area contributed by atoms with Gasteiger partial charge in [0.1, 0.15) is 18.1 Å². The number of hydrogen-bond acceptors (Lipinski definition) is 6. The fraction of sp³-hybridized carbons (Fsp3) is 0.455. The van der Waals surface area contributed by atoms with Crippen molar-refractivity contribution in [2.75, 3.05) is 46.2 Å². The standard InChI is InChI=1S/C33H41FN2O4/c1-21-14-16-36(17-15-21)18-19-40-24-11-8-22(9-12-24)20-26-29(31(35)30(34)33(39-3)32(26)38-2)28-25-7-5-4-6-23(25)10-13-27(28)37/h8-13,21,37H,4-7,14-20,35H2,1-3H3. The number of nitrogens with two attached hydrogens (primary N) is 1. The van der Waals surface area contributed by atoms with Crippen molar-refractivity contribution in [3.05, 3.63) is 64.5 Å². The molecule has 0 atom stereocenters. The van der Waals surface area contributed by atoms with Gasteiger partial charge in [-0.25, -0.2) is 4.39 Å². The summed E-state index contributed by atoms with van der Waals surface area (Å²) < 4.78 is 32.8. The predicted octanol–water partition coefficient (Wildman–Crippen LogP) is 6.38. The Kier molecular flexibility index (Phi) is 8.69. The fourth-order valence-corrected chi connectivity index (χ4v) is 6.18. The van der Waals surface area contributed by atoms with E-state index in [4.69, 9.17) is 19.9 Å². The maximum absolute atomic E-state index is 15.6. The van der Waals surface area contributed by atoms with Gasteiger partial charge in [-0.3, -0.25) is 4.90 Å². The Morgan fingerprint density at radius 2 is 1.65 bits per heavy atom. The summed E-state index contributed by atoms with van der Waals surface area (Å²) in [6.07, 6.45) is 6.74. The van der Waals surface area contributed by atoms with Crippen LogP contribution < -0.4 is 19.9 Å². The third kappa shape index (κ3) is 5.71. The summed E-state index contributed by atoms with van der Waals surface area (Å²) in [5.41, 5.74) is 11.3. The lowest BCUT2D eigenvalue weighted by molar-refractivity contribution is 0.160. The largest absolute Gasteiger partial charge is 0.507 e. The SMILES string of the molecule is COc1c(F)c(N)c(-c2c(O)ccc3c2CCCC3)c(Cc2ccc(OCCN3CCC(C)CC3)cc2)c1OC. The topological polar surface area (TPSA) is 77.2 Å². The van der Waals surface area contributed by atoms with Gasteiger partial charge in [-0.05, 0) is 92.4 Å². The highest BCUT2D eigenvalue weighted by molar-refractivity contribution is 5.89. The van der Waals surface area contributed by atoms with E-state index in [-0.39, 0.29) is 22.9 Å². The zero-order chi connectivity index (χ0) is 28.2. The van der Waals surface area contributed by atoms with Crippen LogP contribution in [0.5, 0.6) is 23.0 Å². The molecule has 0 bridgehead atoms. The van der Waals surface area contributed by atoms with Gasteiger partial charge in [-0.2, -0.15) is 0 Å². The Hall–Kier alpha value is -3.45. The summed E-state index contributed by atoms with van der Waals surface area (Å²) in [5, 5.41) is 11.1. The molecule has 6 nitrogen and oxygen atoms in total. The number of halogens is 1. The number of aromatic hydroxyl groups is 1. The van der Waals surface area contributed by atoms with Crippen molar-refractivity contribution < 1.29 is 23.7 Å². The third-order valence-corrected chi connectivity index (χ3v) is 8.51. The number of benzene rings is 3. The summed E-state index contributed by atoms with van der Waals surface area (Å²) in [4.78, 5) is 2.46. The Morgan fingerprint density at radius 3 is 2.35 bits per heavy atom. The van der Waals surface area contributed by atoms with Gasteiger partial charge in [-0.15, -0.1) is 0 Å². The summed E-state index contributed by atoms with van der Waals surface area (Å²) in [6, 6.07) is 11.6. The van der Waals surface area contributed by atoms with Gasteiger partial charge in [0.05, 0.1) is 19.9 Å². The summed E-state index contributed by atoms with van der Waals surface area (Å²) in [7, 11) is 2.91. The van der Waals surface area contributed by atoms with Crippen molar-refractivity contribution in [3.8, 4) is 34.1 Å². The van der Waals surface area contributed by atoms with Gasteiger partial charge in [0.25, 0.3) is 0 Å². The molecule has 3 aromatic rings. The Morgan fingerprint density at radius 1 is 0.950 bits per heavy atom. The van der Waals surface area contributed by atoms with Crippen molar-refractivity contribution in [1.82, 2.24) is 4.90 Å². The van der Waals surface area contributed by atoms with E-state index in [2.05, 4.69) is 11.8 Å². The number of phenols is 1. The summed E-state index contributed by atoms with van der Waals surface area (Å²) in [6.45, 7) is 6.17. The highest BCUT2D eigenvalue weighted by atomic mass is 19.1. The minimum atomic E-state index is -0.683. The van der Waals surface area contributed by atoms with Crippen LogP contribution in [0, 0.1) is 11.7 Å². The number of anilines is 1. The zero-order valence-electron chi connectivity index (χ0n) is 23.9. The maximum atomic E-state index is 15.6. The molecular formula is C33H41FN2O4. The van der Waals surface area contributed by atoms with E-state index in [1.54, 1.807) is 6.07 Å². The quantitative estimate of drug-likeness (QED) is 0.302. The van der Waals surface area contributed by atoms with Gasteiger partial charge < -0.3 is 25.1 Å². The summed E-state index contributed by atoms with van der Waals surface area (Å²) in [5.74, 6) is 1.29. The normalized spacial score (nSPS) is 16.0. The number of rotatable bonds is 9. The number of aryl methyl sites for hydroxylation is 1. The molecule has 0 radical (unpaired) electrons. The first-order valence-electron chi connectivity index (χ1n) is 14.4. The Labute approximate surface area is 236 Å². The highest BCUT2D eigenvalue weighted by Crippen LogP contribution is 2.50. The number of nitrogens with zero attached hydrogens (tertiary/aromatic N) is 1. The van der Waals surface area contributed by atoms with Crippen LogP contribution in [0.25, 0.3) is 11.1 Å². The van der Waals surface area contributed by atoms with E-state index >= 15 is 4.39 Å². The molecule has 1 fully saturated rings. The number of methoxy groups -OCH3 is 2. The molecule has 5 rings (SSSR count). The fourth-order valence-electron chi connectivity index (χ4n) is 6.18. The third-order valence-electron chi connectivity index (χ3n) is 8.51. The van der Waals surface area contributed by atoms with E-state index in [1.165, 1.54) is 32.6 Å². The van der Waals surface area contributed by atoms with E-state index < -0.39 is 5.82 Å². The smallest absolute Gasteiger partial charge is 0.199 e. The van der Waals surface area contributed by atoms with Crippen molar-refractivity contribution in [3.63, 3.8) is 0 Å². The average molecular weight is 549 g/mol. The van der Waals surface area contributed by atoms with E-state index in [0.29, 0.717) is 29.7 Å². The first kappa shape index (κ1) is 28.1. The lowest BCUT2D eigenvalue weighted by Crippen LogP contribution is -2.35. The second-order valence-corrected chi connectivity index (χ2v) is 11.1. The van der Waals surface area contributed by atoms with Gasteiger partial charge in [0.2, 0.25) is 0 Å². The minimum Gasteiger partial charge on any atom is -0.507 e. The van der Waals surface area contributed by atoms with Gasteiger partial charge >= 0.3 is 0 Å². The van der Waals surface area contributed by atoms with E-state index in [1.807, 2.05) is 30.3 Å². The number of phenolic OH excluding ortho intramolecular Hbond substituents is 1. The molecule has 0 unspecified atom stereocenters. The molecule has 1 saturated heterocycles. The molecule has 2 aliphatic rings. The molecule has 40 heavy (non-hydrogen) atoms. The molecular weight excluding hydrogens is 507 g/mol. The molecule has 1 heterocycles. The molecule has 0 amide bonds. The molecule has 3 aromatic carbocycles. The first-order chi connectivity index (χ1) is 19.4. The Balaban J connectivity index is 1.45. The number of hydrogen-bond donors (Lipinski definition) is 2. The van der Waals surface area contributed by atoms with Crippen molar-refractivity contribution >= 4 is 5.69 Å². The van der Waals surface area contributed by atoms with Crippen LogP contribution in [0.3, 0.4) is 0 Å². The summed E-state index contributed by atoms with van der Waals surface area (Å²) >= 11 is 0. The van der Waals surface area contributed by atoms with Crippen molar-refractivity contribution in [2.24, 2.45) is 5.92 Å². The second-order valence-electron chi connectivity index (χ2n) is 11.1. The van der Waals surface area contributed by atoms with Crippen LogP contribution in [-0.2, 0) is 19.3 Å². The molecule has 0 spiro atoms. The van der Waals surface area contributed by atoms with Crippen LogP contribution in [-0.4, -0.2) is 50.5 Å². The second kappa shape index (κ2) is 12.4. The van der Waals surface area contributed by atoms with Crippen LogP contribution in [0.2, 0.25) is 0 Å². The van der Waals surface area contributed by atoms with Crippen molar-refractivity contribution in [1.29, 1.82) is 0 Å². The predicted molar refractivity (Wildman–Crippen MR) is 157 cm³/mol. The Bertz CT molecular complexity index is 1330. The lowest BCUT2D eigenvalue weighted by atomic mass is 9.82. The number of ether oxygens (including phenoxy) is 3. The highest BCUT2D eigenvalue weighted by Gasteiger charge is 2.29. The molecule has 1 aliphatic carbocycles. The molecule has 0 saturated carbocycles. The monoisotopic (exact) mass is 548 g/mol. The van der Waals surface area contributed by atoms with Crippen LogP contribution in [0.4, 0.5) is 10.1 Å². The molecule has 3 N–H and O–H groups in total. The van der Waals surface area contributed by atoms with Crippen LogP contribution >= 0.6 is 0 Å². The number of piperidine rings is 1. The maximum Gasteiger partial charge on any atom is 0.199 e. The van der Waals surface area contributed by atoms with Crippen LogP contribution in [0.15, 0.2) is 36.4 Å². The molecule has 1 aliphatic heterocycles. The minimum absolute atomic E-state index is 0.0323.